The van der Waals surface area contributed by atoms with E-state index >= 15 is 0 Å². The molecule has 3 aromatic carbocycles. The minimum absolute atomic E-state index is 0.265. The van der Waals surface area contributed by atoms with E-state index in [1.54, 1.807) is 36.4 Å². The van der Waals surface area contributed by atoms with Crippen LogP contribution in [-0.4, -0.2) is 39.2 Å². The van der Waals surface area contributed by atoms with Crippen LogP contribution in [0.15, 0.2) is 72.8 Å². The number of esters is 3. The summed E-state index contributed by atoms with van der Waals surface area (Å²) in [6.07, 6.45) is 2.54. The normalized spacial score (nSPS) is 10.5. The molecule has 9 nitrogen and oxygen atoms in total. The maximum absolute atomic E-state index is 11.4. The van der Waals surface area contributed by atoms with Gasteiger partial charge in [0.1, 0.15) is 17.2 Å². The second kappa shape index (κ2) is 16.1. The van der Waals surface area contributed by atoms with E-state index in [-0.39, 0.29) is 17.9 Å². The Morgan fingerprint density at radius 3 is 0.950 bits per heavy atom. The van der Waals surface area contributed by atoms with Crippen LogP contribution in [0.1, 0.15) is 36.0 Å². The number of benzene rings is 3. The number of methoxy groups -OCH3 is 3. The van der Waals surface area contributed by atoms with Gasteiger partial charge < -0.3 is 27.8 Å². The van der Waals surface area contributed by atoms with E-state index in [9.17, 15) is 14.4 Å². The van der Waals surface area contributed by atoms with Crippen LogP contribution in [0.25, 0.3) is 0 Å². The quantitative estimate of drug-likeness (QED) is 0.128. The van der Waals surface area contributed by atoms with Crippen molar-refractivity contribution in [2.45, 2.75) is 38.5 Å². The Kier molecular flexibility index (Phi) is 12.3. The van der Waals surface area contributed by atoms with Crippen molar-refractivity contribution in [3.05, 3.63) is 89.5 Å². The summed E-state index contributed by atoms with van der Waals surface area (Å²) >= 11 is 0. The third-order valence-electron chi connectivity index (χ3n) is 5.85. The van der Waals surface area contributed by atoms with Crippen molar-refractivity contribution in [2.24, 2.45) is 0 Å². The zero-order valence-electron chi connectivity index (χ0n) is 22.8. The fraction of sp³-hybridized carbons (Fsp3) is 0.300. The summed E-state index contributed by atoms with van der Waals surface area (Å²) < 4.78 is 32.3. The molecule has 0 heterocycles. The van der Waals surface area contributed by atoms with Gasteiger partial charge in [0, 0.05) is 19.3 Å². The van der Waals surface area contributed by atoms with Gasteiger partial charge in [0.15, 0.2) is 0 Å². The predicted octanol–water partition coefficient (Wildman–Crippen LogP) is 5.77. The van der Waals surface area contributed by atoms with Gasteiger partial charge in [-0.2, -0.15) is 0 Å². The lowest BCUT2D eigenvalue weighted by molar-refractivity contribution is -0.141. The molecule has 0 spiro atoms. The molecule has 0 saturated carbocycles. The van der Waals surface area contributed by atoms with E-state index in [4.69, 9.17) is 27.8 Å². The molecular formula is C30H33O9P. The molecule has 0 fully saturated rings. The highest BCUT2D eigenvalue weighted by Gasteiger charge is 2.20. The maximum Gasteiger partial charge on any atom is 0.530 e. The van der Waals surface area contributed by atoms with E-state index in [0.29, 0.717) is 55.8 Å². The van der Waals surface area contributed by atoms with E-state index in [2.05, 4.69) is 0 Å². The minimum atomic E-state index is -1.90. The second-order valence-corrected chi connectivity index (χ2v) is 9.65. The predicted molar refractivity (Wildman–Crippen MR) is 149 cm³/mol. The van der Waals surface area contributed by atoms with Gasteiger partial charge >= 0.3 is 26.5 Å². The van der Waals surface area contributed by atoms with Crippen LogP contribution in [0, 0.1) is 0 Å². The maximum atomic E-state index is 11.4. The second-order valence-electron chi connectivity index (χ2n) is 8.66. The SMILES string of the molecule is COC(=O)CCc1ccc(OP(Oc2ccc(CCC(=O)OC)cc2)Oc2ccc(CCC(=O)OC)cc2)cc1. The Hall–Kier alpha value is -4.10. The largest absolute Gasteiger partial charge is 0.530 e. The fourth-order valence-corrected chi connectivity index (χ4v) is 4.50. The van der Waals surface area contributed by atoms with Gasteiger partial charge in [-0.25, -0.2) is 0 Å². The van der Waals surface area contributed by atoms with Crippen LogP contribution in [-0.2, 0) is 47.9 Å². The monoisotopic (exact) mass is 568 g/mol. The number of ether oxygens (including phenoxy) is 3. The zero-order valence-corrected chi connectivity index (χ0v) is 23.7. The summed E-state index contributed by atoms with van der Waals surface area (Å²) in [6, 6.07) is 22.0. The highest BCUT2D eigenvalue weighted by molar-refractivity contribution is 7.43. The van der Waals surface area contributed by atoms with Crippen molar-refractivity contribution in [3.8, 4) is 17.2 Å². The Bertz CT molecular complexity index is 1070. The standard InChI is InChI=1S/C30H33O9P/c1-34-28(31)19-10-22-4-13-25(14-5-22)37-40(38-26-15-6-23(7-16-26)11-20-29(32)35-2)39-27-17-8-24(9-18-27)12-21-30(33)36-3/h4-9,13-18H,10-12,19-21H2,1-3H3. The molecule has 0 aromatic heterocycles. The lowest BCUT2D eigenvalue weighted by atomic mass is 10.1. The number of hydrogen-bond donors (Lipinski definition) is 0. The Balaban J connectivity index is 1.69. The molecule has 3 aromatic rings. The Morgan fingerprint density at radius 2 is 0.725 bits per heavy atom. The fourth-order valence-electron chi connectivity index (χ4n) is 3.51. The van der Waals surface area contributed by atoms with Crippen LogP contribution in [0.2, 0.25) is 0 Å². The molecule has 0 bridgehead atoms. The van der Waals surface area contributed by atoms with Crippen molar-refractivity contribution < 1.29 is 42.2 Å². The highest BCUT2D eigenvalue weighted by atomic mass is 31.2. The van der Waals surface area contributed by atoms with Gasteiger partial charge in [-0.1, -0.05) is 36.4 Å². The van der Waals surface area contributed by atoms with Crippen molar-refractivity contribution in [3.63, 3.8) is 0 Å². The van der Waals surface area contributed by atoms with Crippen LogP contribution < -0.4 is 13.6 Å². The third-order valence-corrected chi connectivity index (χ3v) is 6.93. The first-order chi connectivity index (χ1) is 19.4. The molecule has 0 amide bonds. The van der Waals surface area contributed by atoms with Gasteiger partial charge in [-0.15, -0.1) is 0 Å². The van der Waals surface area contributed by atoms with Crippen molar-refractivity contribution in [1.82, 2.24) is 0 Å². The zero-order chi connectivity index (χ0) is 28.7. The molecule has 0 unspecified atom stereocenters. The summed E-state index contributed by atoms with van der Waals surface area (Å²) in [5.41, 5.74) is 2.90. The van der Waals surface area contributed by atoms with Gasteiger partial charge in [0.05, 0.1) is 21.3 Å². The van der Waals surface area contributed by atoms with Crippen molar-refractivity contribution in [1.29, 1.82) is 0 Å². The van der Waals surface area contributed by atoms with E-state index < -0.39 is 8.60 Å². The van der Waals surface area contributed by atoms with Crippen LogP contribution in [0.3, 0.4) is 0 Å². The summed E-state index contributed by atoms with van der Waals surface area (Å²) in [7, 11) is 2.20. The van der Waals surface area contributed by atoms with Gasteiger partial charge in [0.25, 0.3) is 0 Å². The number of hydrogen-bond acceptors (Lipinski definition) is 9. The molecule has 0 N–H and O–H groups in total. The lowest BCUT2D eigenvalue weighted by Gasteiger charge is -2.18. The van der Waals surface area contributed by atoms with Crippen molar-refractivity contribution >= 4 is 26.5 Å². The minimum Gasteiger partial charge on any atom is -0.469 e. The first kappa shape index (κ1) is 30.4. The van der Waals surface area contributed by atoms with Crippen LogP contribution >= 0.6 is 8.60 Å². The van der Waals surface area contributed by atoms with Gasteiger partial charge in [-0.05, 0) is 72.4 Å². The molecule has 0 atom stereocenters. The number of carbonyl (C=O) groups is 3. The number of rotatable bonds is 15. The Labute approximate surface area is 235 Å². The van der Waals surface area contributed by atoms with Crippen LogP contribution in [0.5, 0.6) is 17.2 Å². The molecule has 0 aliphatic carbocycles. The van der Waals surface area contributed by atoms with Crippen LogP contribution in [0.4, 0.5) is 0 Å². The molecule has 10 heteroatoms. The summed E-state index contributed by atoms with van der Waals surface area (Å²) in [4.78, 5) is 34.3. The highest BCUT2D eigenvalue weighted by Crippen LogP contribution is 2.42. The average molecular weight is 569 g/mol. The first-order valence-corrected chi connectivity index (χ1v) is 13.8. The Morgan fingerprint density at radius 1 is 0.475 bits per heavy atom. The smallest absolute Gasteiger partial charge is 0.469 e. The third kappa shape index (κ3) is 10.6. The van der Waals surface area contributed by atoms with Gasteiger partial charge in [-0.3, -0.25) is 14.4 Å². The molecule has 0 saturated heterocycles. The number of carbonyl (C=O) groups excluding carboxylic acids is 3. The summed E-state index contributed by atoms with van der Waals surface area (Å²) in [5, 5.41) is 0. The first-order valence-electron chi connectivity index (χ1n) is 12.7. The average Bonchev–Trinajstić information content (AvgIpc) is 2.99. The van der Waals surface area contributed by atoms with E-state index in [1.165, 1.54) is 21.3 Å². The summed E-state index contributed by atoms with van der Waals surface area (Å²) in [6.45, 7) is 0. The van der Waals surface area contributed by atoms with Gasteiger partial charge in [0.2, 0.25) is 0 Å². The van der Waals surface area contributed by atoms with E-state index in [1.807, 2.05) is 36.4 Å². The molecule has 40 heavy (non-hydrogen) atoms. The number of aryl methyl sites for hydroxylation is 3. The lowest BCUT2D eigenvalue weighted by Crippen LogP contribution is -2.04. The molecule has 0 aliphatic rings. The molecule has 0 radical (unpaired) electrons. The molecule has 212 valence electrons. The van der Waals surface area contributed by atoms with E-state index in [0.717, 1.165) is 16.7 Å². The molecule has 0 aliphatic heterocycles. The molecule has 3 rings (SSSR count). The molecular weight excluding hydrogens is 535 g/mol. The topological polar surface area (TPSA) is 107 Å². The summed E-state index contributed by atoms with van der Waals surface area (Å²) in [5.74, 6) is 0.821. The van der Waals surface area contributed by atoms with Crippen molar-refractivity contribution in [2.75, 3.05) is 21.3 Å².